The third-order valence-electron chi connectivity index (χ3n) is 5.25. The molecule has 1 aromatic carbocycles. The van der Waals surface area contributed by atoms with Crippen LogP contribution in [0.4, 0.5) is 0 Å². The summed E-state index contributed by atoms with van der Waals surface area (Å²) in [5, 5.41) is 13.9. The molecule has 5 nitrogen and oxygen atoms in total. The Morgan fingerprint density at radius 3 is 2.61 bits per heavy atom. The lowest BCUT2D eigenvalue weighted by Gasteiger charge is -2.41. The zero-order chi connectivity index (χ0) is 19.8. The monoisotopic (exact) mass is 403 g/mol. The number of ether oxygens (including phenoxy) is 1. The van der Waals surface area contributed by atoms with Gasteiger partial charge in [0.05, 0.1) is 0 Å². The number of rotatable bonds is 10. The van der Waals surface area contributed by atoms with Crippen molar-refractivity contribution in [3.63, 3.8) is 0 Å². The minimum absolute atomic E-state index is 0.248. The molecule has 0 saturated carbocycles. The highest BCUT2D eigenvalue weighted by Crippen LogP contribution is 2.20. The third-order valence-corrected chi connectivity index (χ3v) is 5.99. The molecule has 1 unspecified atom stereocenters. The summed E-state index contributed by atoms with van der Waals surface area (Å²) in [7, 11) is 4.10. The molecule has 28 heavy (non-hydrogen) atoms. The highest BCUT2D eigenvalue weighted by atomic mass is 32.1. The molecular weight excluding hydrogens is 370 g/mol. The van der Waals surface area contributed by atoms with Crippen LogP contribution in [0, 0.1) is 0 Å². The highest BCUT2D eigenvalue weighted by molar-refractivity contribution is 7.07. The topological polar surface area (TPSA) is 39.2 Å². The number of benzene rings is 1. The lowest BCUT2D eigenvalue weighted by Crippen LogP contribution is -2.52. The van der Waals surface area contributed by atoms with Gasteiger partial charge in [-0.3, -0.25) is 9.80 Å². The molecule has 2 aromatic rings. The number of aliphatic hydroxyl groups is 1. The van der Waals surface area contributed by atoms with Gasteiger partial charge in [0.1, 0.15) is 12.4 Å². The van der Waals surface area contributed by atoms with E-state index in [2.05, 4.69) is 69.9 Å². The van der Waals surface area contributed by atoms with Crippen molar-refractivity contribution in [3.8, 4) is 5.75 Å². The summed E-state index contributed by atoms with van der Waals surface area (Å²) in [6.45, 7) is 6.93. The molecule has 6 heteroatoms. The molecule has 1 aliphatic rings. The van der Waals surface area contributed by atoms with E-state index in [0.29, 0.717) is 12.6 Å². The van der Waals surface area contributed by atoms with E-state index in [0.717, 1.165) is 51.4 Å². The maximum Gasteiger partial charge on any atom is 0.119 e. The van der Waals surface area contributed by atoms with E-state index < -0.39 is 0 Å². The van der Waals surface area contributed by atoms with E-state index in [9.17, 15) is 5.11 Å². The SMILES string of the molecule is CN(C)CCOc1ccc(CN2CCN(Cc3ccsc3)C(CCO)C2)cc1. The van der Waals surface area contributed by atoms with E-state index in [1.807, 2.05) is 0 Å². The van der Waals surface area contributed by atoms with Gasteiger partial charge in [-0.1, -0.05) is 12.1 Å². The van der Waals surface area contributed by atoms with Gasteiger partial charge in [-0.25, -0.2) is 0 Å². The largest absolute Gasteiger partial charge is 0.492 e. The number of hydrogen-bond donors (Lipinski definition) is 1. The Bertz CT molecular complexity index is 676. The predicted octanol–water partition coefficient (Wildman–Crippen LogP) is 2.76. The predicted molar refractivity (Wildman–Crippen MR) is 116 cm³/mol. The number of thiophene rings is 1. The minimum atomic E-state index is 0.248. The summed E-state index contributed by atoms with van der Waals surface area (Å²) in [5.74, 6) is 0.935. The molecule has 3 rings (SSSR count). The van der Waals surface area contributed by atoms with Crippen LogP contribution in [0.3, 0.4) is 0 Å². The Balaban J connectivity index is 1.50. The van der Waals surface area contributed by atoms with Crippen molar-refractivity contribution >= 4 is 11.3 Å². The quantitative estimate of drug-likeness (QED) is 0.660. The Kier molecular flexibility index (Phi) is 8.30. The smallest absolute Gasteiger partial charge is 0.119 e. The van der Waals surface area contributed by atoms with Crippen molar-refractivity contribution in [3.05, 3.63) is 52.2 Å². The molecule has 0 spiro atoms. The maximum absolute atomic E-state index is 9.51. The number of likely N-dealkylation sites (N-methyl/N-ethyl adjacent to an activating group) is 1. The van der Waals surface area contributed by atoms with E-state index in [1.54, 1.807) is 11.3 Å². The molecule has 1 atom stereocenters. The molecule has 1 N–H and O–H groups in total. The van der Waals surface area contributed by atoms with Crippen LogP contribution in [0.5, 0.6) is 5.75 Å². The van der Waals surface area contributed by atoms with Crippen LogP contribution in [0.15, 0.2) is 41.1 Å². The molecule has 0 amide bonds. The van der Waals surface area contributed by atoms with Gasteiger partial charge in [-0.15, -0.1) is 0 Å². The molecule has 1 fully saturated rings. The third kappa shape index (κ3) is 6.57. The molecule has 0 aliphatic carbocycles. The zero-order valence-corrected chi connectivity index (χ0v) is 17.9. The fraction of sp³-hybridized carbons (Fsp3) is 0.545. The van der Waals surface area contributed by atoms with Crippen molar-refractivity contribution in [2.24, 2.45) is 0 Å². The molecule has 1 aromatic heterocycles. The van der Waals surface area contributed by atoms with Gasteiger partial charge in [-0.2, -0.15) is 11.3 Å². The normalized spacial score (nSPS) is 18.6. The lowest BCUT2D eigenvalue weighted by molar-refractivity contribution is 0.0500. The molecule has 0 radical (unpaired) electrons. The van der Waals surface area contributed by atoms with Gasteiger partial charge in [0, 0.05) is 51.9 Å². The van der Waals surface area contributed by atoms with Gasteiger partial charge in [0.2, 0.25) is 0 Å². The number of hydrogen-bond acceptors (Lipinski definition) is 6. The number of aliphatic hydroxyl groups excluding tert-OH is 1. The first-order chi connectivity index (χ1) is 13.6. The Morgan fingerprint density at radius 2 is 1.93 bits per heavy atom. The fourth-order valence-corrected chi connectivity index (χ4v) is 4.30. The van der Waals surface area contributed by atoms with Gasteiger partial charge in [0.25, 0.3) is 0 Å². The summed E-state index contributed by atoms with van der Waals surface area (Å²) in [5.41, 5.74) is 2.69. The Morgan fingerprint density at radius 1 is 1.11 bits per heavy atom. The van der Waals surface area contributed by atoms with Gasteiger partial charge < -0.3 is 14.7 Å². The van der Waals surface area contributed by atoms with Crippen LogP contribution in [0.25, 0.3) is 0 Å². The lowest BCUT2D eigenvalue weighted by atomic mass is 10.1. The van der Waals surface area contributed by atoms with Crippen molar-refractivity contribution < 1.29 is 9.84 Å². The summed E-state index contributed by atoms with van der Waals surface area (Å²) in [6.07, 6.45) is 0.833. The molecule has 154 valence electrons. The van der Waals surface area contributed by atoms with E-state index in [1.165, 1.54) is 11.1 Å². The first-order valence-corrected chi connectivity index (χ1v) is 11.0. The first kappa shape index (κ1) is 21.3. The van der Waals surface area contributed by atoms with Crippen LogP contribution < -0.4 is 4.74 Å². The Labute approximate surface area is 173 Å². The maximum atomic E-state index is 9.51. The second-order valence-electron chi connectivity index (χ2n) is 7.80. The van der Waals surface area contributed by atoms with Crippen LogP contribution in [-0.4, -0.2) is 79.3 Å². The minimum Gasteiger partial charge on any atom is -0.492 e. The summed E-state index contributed by atoms with van der Waals surface area (Å²) < 4.78 is 5.79. The van der Waals surface area contributed by atoms with Crippen LogP contribution in [-0.2, 0) is 13.1 Å². The van der Waals surface area contributed by atoms with Crippen molar-refractivity contribution in [1.29, 1.82) is 0 Å². The standard InChI is InChI=1S/C22H33N3O2S/c1-23(2)11-13-27-22-5-3-19(4-6-22)15-24-9-10-25(21(17-24)7-12-26)16-20-8-14-28-18-20/h3-6,8,14,18,21,26H,7,9-13,15-17H2,1-2H3. The first-order valence-electron chi connectivity index (χ1n) is 10.1. The Hall–Kier alpha value is -1.44. The summed E-state index contributed by atoms with van der Waals surface area (Å²) >= 11 is 1.75. The average molecular weight is 404 g/mol. The molecule has 2 heterocycles. The van der Waals surface area contributed by atoms with Gasteiger partial charge in [0.15, 0.2) is 0 Å². The van der Waals surface area contributed by atoms with Crippen molar-refractivity contribution in [1.82, 2.24) is 14.7 Å². The second kappa shape index (κ2) is 10.9. The van der Waals surface area contributed by atoms with Crippen LogP contribution >= 0.6 is 11.3 Å². The van der Waals surface area contributed by atoms with Gasteiger partial charge >= 0.3 is 0 Å². The van der Waals surface area contributed by atoms with Crippen molar-refractivity contribution in [2.45, 2.75) is 25.6 Å². The van der Waals surface area contributed by atoms with Crippen LogP contribution in [0.2, 0.25) is 0 Å². The second-order valence-corrected chi connectivity index (χ2v) is 8.58. The van der Waals surface area contributed by atoms with E-state index in [4.69, 9.17) is 4.74 Å². The van der Waals surface area contributed by atoms with Crippen LogP contribution in [0.1, 0.15) is 17.5 Å². The molecule has 1 aliphatic heterocycles. The zero-order valence-electron chi connectivity index (χ0n) is 17.1. The average Bonchev–Trinajstić information content (AvgIpc) is 3.18. The summed E-state index contributed by atoms with van der Waals surface area (Å²) in [6, 6.07) is 11.1. The molecule has 0 bridgehead atoms. The highest BCUT2D eigenvalue weighted by Gasteiger charge is 2.26. The van der Waals surface area contributed by atoms with Gasteiger partial charge in [-0.05, 0) is 60.6 Å². The van der Waals surface area contributed by atoms with Crippen molar-refractivity contribution in [2.75, 3.05) is 53.5 Å². The van der Waals surface area contributed by atoms with E-state index >= 15 is 0 Å². The molecular formula is C22H33N3O2S. The van der Waals surface area contributed by atoms with E-state index in [-0.39, 0.29) is 6.61 Å². The number of piperazine rings is 1. The summed E-state index contributed by atoms with van der Waals surface area (Å²) in [4.78, 5) is 7.15. The fourth-order valence-electron chi connectivity index (χ4n) is 3.64. The molecule has 1 saturated heterocycles. The number of nitrogens with zero attached hydrogens (tertiary/aromatic N) is 3.